The summed E-state index contributed by atoms with van der Waals surface area (Å²) in [6, 6.07) is 19.1. The van der Waals surface area contributed by atoms with Gasteiger partial charge >= 0.3 is 5.97 Å². The third-order valence-electron chi connectivity index (χ3n) is 6.11. The number of Topliss-reactive ketones (excluding diaryl/α,β-unsaturated/α-hetero) is 1. The van der Waals surface area contributed by atoms with Gasteiger partial charge in [-0.25, -0.2) is 4.79 Å². The molecule has 2 aromatic rings. The molecule has 1 saturated heterocycles. The van der Waals surface area contributed by atoms with Gasteiger partial charge in [-0.2, -0.15) is 0 Å². The number of ketones is 1. The highest BCUT2D eigenvalue weighted by atomic mass is 16.6. The second-order valence-corrected chi connectivity index (χ2v) is 8.15. The van der Waals surface area contributed by atoms with Crippen molar-refractivity contribution in [2.75, 3.05) is 13.1 Å². The SMILES string of the molecule is O=C1CCC(C(O)(C(=O)O[C@H]2CCN(Cc3ccccc3)C2)c2ccccc2)C1. The molecule has 1 heterocycles. The summed E-state index contributed by atoms with van der Waals surface area (Å²) >= 11 is 0. The first kappa shape index (κ1) is 19.8. The van der Waals surface area contributed by atoms with E-state index in [1.165, 1.54) is 5.56 Å². The van der Waals surface area contributed by atoms with Gasteiger partial charge in [-0.3, -0.25) is 9.69 Å². The third-order valence-corrected chi connectivity index (χ3v) is 6.11. The van der Waals surface area contributed by atoms with Crippen LogP contribution in [0.2, 0.25) is 0 Å². The molecule has 0 bridgehead atoms. The Hall–Kier alpha value is -2.50. The smallest absolute Gasteiger partial charge is 0.343 e. The predicted molar refractivity (Wildman–Crippen MR) is 109 cm³/mol. The minimum atomic E-state index is -1.78. The number of hydrogen-bond donors (Lipinski definition) is 1. The Kier molecular flexibility index (Phi) is 5.79. The van der Waals surface area contributed by atoms with Gasteiger partial charge in [0.2, 0.25) is 0 Å². The van der Waals surface area contributed by atoms with Crippen LogP contribution in [0, 0.1) is 5.92 Å². The Morgan fingerprint density at radius 3 is 2.41 bits per heavy atom. The van der Waals surface area contributed by atoms with Crippen molar-refractivity contribution >= 4 is 11.8 Å². The lowest BCUT2D eigenvalue weighted by molar-refractivity contribution is -0.178. The van der Waals surface area contributed by atoms with E-state index >= 15 is 0 Å². The van der Waals surface area contributed by atoms with Gasteiger partial charge < -0.3 is 9.84 Å². The van der Waals surface area contributed by atoms with Crippen LogP contribution in [0.1, 0.15) is 36.8 Å². The van der Waals surface area contributed by atoms with Crippen LogP contribution >= 0.6 is 0 Å². The molecule has 2 aliphatic rings. The lowest BCUT2D eigenvalue weighted by Gasteiger charge is -2.33. The Labute approximate surface area is 171 Å². The molecule has 1 N–H and O–H groups in total. The zero-order chi connectivity index (χ0) is 20.3. The Bertz CT molecular complexity index is 854. The van der Waals surface area contributed by atoms with Crippen LogP contribution in [0.5, 0.6) is 0 Å². The summed E-state index contributed by atoms with van der Waals surface area (Å²) in [6.45, 7) is 2.31. The molecule has 0 amide bonds. The zero-order valence-corrected chi connectivity index (χ0v) is 16.5. The fourth-order valence-corrected chi connectivity index (χ4v) is 4.50. The maximum atomic E-state index is 13.2. The van der Waals surface area contributed by atoms with Crippen LogP contribution in [0.25, 0.3) is 0 Å². The number of aliphatic hydroxyl groups is 1. The van der Waals surface area contributed by atoms with Gasteiger partial charge in [-0.05, 0) is 24.0 Å². The first-order valence-corrected chi connectivity index (χ1v) is 10.3. The largest absolute Gasteiger partial charge is 0.459 e. The van der Waals surface area contributed by atoms with Crippen molar-refractivity contribution in [3.8, 4) is 0 Å². The second kappa shape index (κ2) is 8.47. The van der Waals surface area contributed by atoms with E-state index in [9.17, 15) is 14.7 Å². The molecule has 1 saturated carbocycles. The number of nitrogens with zero attached hydrogens (tertiary/aromatic N) is 1. The number of hydrogen-bond acceptors (Lipinski definition) is 5. The standard InChI is InChI=1S/C24H27NO4/c26-21-12-11-20(15-21)24(28,19-9-5-2-6-10-19)23(27)29-22-13-14-25(17-22)16-18-7-3-1-4-8-18/h1-10,20,22,28H,11-17H2/t20?,22-,24?/m0/s1. The highest BCUT2D eigenvalue weighted by Crippen LogP contribution is 2.40. The van der Waals surface area contributed by atoms with E-state index in [4.69, 9.17) is 4.74 Å². The average molecular weight is 393 g/mol. The summed E-state index contributed by atoms with van der Waals surface area (Å²) in [6.07, 6.45) is 1.61. The number of benzene rings is 2. The van der Waals surface area contributed by atoms with E-state index in [0.717, 1.165) is 19.5 Å². The van der Waals surface area contributed by atoms with E-state index in [2.05, 4.69) is 17.0 Å². The lowest BCUT2D eigenvalue weighted by Crippen LogP contribution is -2.45. The molecule has 0 radical (unpaired) electrons. The van der Waals surface area contributed by atoms with E-state index in [0.29, 0.717) is 24.9 Å². The summed E-state index contributed by atoms with van der Waals surface area (Å²) in [5.41, 5.74) is -0.0473. The molecule has 1 aliphatic carbocycles. The van der Waals surface area contributed by atoms with E-state index in [1.807, 2.05) is 24.3 Å². The van der Waals surface area contributed by atoms with Crippen molar-refractivity contribution in [2.45, 2.75) is 43.9 Å². The van der Waals surface area contributed by atoms with Crippen LogP contribution in [0.15, 0.2) is 60.7 Å². The monoisotopic (exact) mass is 393 g/mol. The van der Waals surface area contributed by atoms with Crippen molar-refractivity contribution in [2.24, 2.45) is 5.92 Å². The fraction of sp³-hybridized carbons (Fsp3) is 0.417. The summed E-state index contributed by atoms with van der Waals surface area (Å²) in [7, 11) is 0. The summed E-state index contributed by atoms with van der Waals surface area (Å²) in [5.74, 6) is -0.978. The average Bonchev–Trinajstić information content (AvgIpc) is 3.38. The molecular weight excluding hydrogens is 366 g/mol. The van der Waals surface area contributed by atoms with Crippen molar-refractivity contribution < 1.29 is 19.4 Å². The molecule has 3 atom stereocenters. The Morgan fingerprint density at radius 2 is 1.76 bits per heavy atom. The van der Waals surface area contributed by atoms with Crippen molar-refractivity contribution in [3.63, 3.8) is 0 Å². The lowest BCUT2D eigenvalue weighted by atomic mass is 9.80. The van der Waals surface area contributed by atoms with Crippen molar-refractivity contribution in [3.05, 3.63) is 71.8 Å². The molecule has 152 valence electrons. The van der Waals surface area contributed by atoms with Crippen LogP contribution in [0.3, 0.4) is 0 Å². The fourth-order valence-electron chi connectivity index (χ4n) is 4.50. The number of ether oxygens (including phenoxy) is 1. The van der Waals surface area contributed by atoms with Crippen molar-refractivity contribution in [1.82, 2.24) is 4.90 Å². The number of carbonyl (C=O) groups excluding carboxylic acids is 2. The van der Waals surface area contributed by atoms with E-state index in [1.54, 1.807) is 24.3 Å². The third kappa shape index (κ3) is 4.26. The van der Waals surface area contributed by atoms with Crippen LogP contribution < -0.4 is 0 Å². The maximum absolute atomic E-state index is 13.2. The topological polar surface area (TPSA) is 66.8 Å². The van der Waals surface area contributed by atoms with Gasteiger partial charge in [0, 0.05) is 38.4 Å². The zero-order valence-electron chi connectivity index (χ0n) is 16.5. The molecule has 4 rings (SSSR count). The normalized spacial score (nSPS) is 24.4. The molecule has 5 heteroatoms. The van der Waals surface area contributed by atoms with Gasteiger partial charge in [0.25, 0.3) is 0 Å². The van der Waals surface area contributed by atoms with Gasteiger partial charge in [-0.15, -0.1) is 0 Å². The molecule has 5 nitrogen and oxygen atoms in total. The van der Waals surface area contributed by atoms with E-state index < -0.39 is 17.5 Å². The van der Waals surface area contributed by atoms with Gasteiger partial charge in [0.1, 0.15) is 11.9 Å². The molecule has 2 aromatic carbocycles. The first-order chi connectivity index (χ1) is 14.1. The maximum Gasteiger partial charge on any atom is 0.343 e. The first-order valence-electron chi connectivity index (χ1n) is 10.3. The van der Waals surface area contributed by atoms with Gasteiger partial charge in [0.05, 0.1) is 0 Å². The summed E-state index contributed by atoms with van der Waals surface area (Å²) in [5, 5.41) is 11.5. The van der Waals surface area contributed by atoms with Gasteiger partial charge in [-0.1, -0.05) is 60.7 Å². The van der Waals surface area contributed by atoms with Crippen molar-refractivity contribution in [1.29, 1.82) is 0 Å². The molecular formula is C24H27NO4. The number of carbonyl (C=O) groups is 2. The molecule has 1 aliphatic heterocycles. The summed E-state index contributed by atoms with van der Waals surface area (Å²) in [4.78, 5) is 27.3. The Balaban J connectivity index is 1.45. The predicted octanol–water partition coefficient (Wildman–Crippen LogP) is 3.06. The number of esters is 1. The molecule has 2 unspecified atom stereocenters. The highest BCUT2D eigenvalue weighted by molar-refractivity contribution is 5.86. The quantitative estimate of drug-likeness (QED) is 0.764. The van der Waals surface area contributed by atoms with Crippen LogP contribution in [-0.2, 0) is 26.5 Å². The number of rotatable bonds is 6. The highest BCUT2D eigenvalue weighted by Gasteiger charge is 2.50. The van der Waals surface area contributed by atoms with Gasteiger partial charge in [0.15, 0.2) is 5.60 Å². The molecule has 0 aromatic heterocycles. The minimum Gasteiger partial charge on any atom is -0.459 e. The number of likely N-dealkylation sites (tertiary alicyclic amines) is 1. The minimum absolute atomic E-state index is 0.0899. The van der Waals surface area contributed by atoms with Crippen LogP contribution in [-0.4, -0.2) is 41.0 Å². The molecule has 2 fully saturated rings. The molecule has 29 heavy (non-hydrogen) atoms. The van der Waals surface area contributed by atoms with E-state index in [-0.39, 0.29) is 18.3 Å². The molecule has 0 spiro atoms. The second-order valence-electron chi connectivity index (χ2n) is 8.15. The Morgan fingerprint density at radius 1 is 1.07 bits per heavy atom. The summed E-state index contributed by atoms with van der Waals surface area (Å²) < 4.78 is 5.80. The van der Waals surface area contributed by atoms with Crippen LogP contribution in [0.4, 0.5) is 0 Å².